The second-order valence-corrected chi connectivity index (χ2v) is 5.95. The van der Waals surface area contributed by atoms with Crippen LogP contribution in [0.15, 0.2) is 36.4 Å². The Bertz CT molecular complexity index is 772. The highest BCUT2D eigenvalue weighted by molar-refractivity contribution is 6.36. The van der Waals surface area contributed by atoms with Gasteiger partial charge in [0.15, 0.2) is 19.0 Å². The molecule has 0 N–H and O–H groups in total. The van der Waals surface area contributed by atoms with Gasteiger partial charge < -0.3 is 14.2 Å². The molecule has 0 aliphatic heterocycles. The first-order chi connectivity index (χ1) is 11.9. The largest absolute Gasteiger partial charge is 0.497 e. The van der Waals surface area contributed by atoms with Crippen molar-refractivity contribution < 1.29 is 23.8 Å². The Balaban J connectivity index is 1.84. The molecule has 2 aromatic carbocycles. The third kappa shape index (κ3) is 5.37. The molecule has 0 atom stereocenters. The van der Waals surface area contributed by atoms with Crippen LogP contribution in [0.1, 0.15) is 15.9 Å². The van der Waals surface area contributed by atoms with Crippen molar-refractivity contribution in [3.8, 4) is 11.5 Å². The van der Waals surface area contributed by atoms with E-state index in [4.69, 9.17) is 37.4 Å². The van der Waals surface area contributed by atoms with Gasteiger partial charge in [0.25, 0.3) is 0 Å². The average Bonchev–Trinajstić information content (AvgIpc) is 2.61. The lowest BCUT2D eigenvalue weighted by atomic mass is 10.1. The molecule has 0 saturated carbocycles. The van der Waals surface area contributed by atoms with Gasteiger partial charge in [0, 0.05) is 10.6 Å². The summed E-state index contributed by atoms with van der Waals surface area (Å²) in [4.78, 5) is 23.7. The number of benzene rings is 2. The van der Waals surface area contributed by atoms with Crippen LogP contribution in [0.4, 0.5) is 0 Å². The standard InChI is InChI=1S/C18H16Cl2O5/c1-11-7-17(15(20)8-14(11)19)24-10-18(22)25-9-16(21)12-3-5-13(23-2)6-4-12/h3-8H,9-10H2,1-2H3. The lowest BCUT2D eigenvalue weighted by Gasteiger charge is -2.10. The van der Waals surface area contributed by atoms with Gasteiger partial charge in [0.2, 0.25) is 0 Å². The van der Waals surface area contributed by atoms with Gasteiger partial charge in [-0.3, -0.25) is 4.79 Å². The van der Waals surface area contributed by atoms with Crippen LogP contribution in [-0.2, 0) is 9.53 Å². The summed E-state index contributed by atoms with van der Waals surface area (Å²) >= 11 is 11.9. The maximum absolute atomic E-state index is 12.0. The van der Waals surface area contributed by atoms with E-state index in [0.717, 1.165) is 5.56 Å². The summed E-state index contributed by atoms with van der Waals surface area (Å²) in [6.07, 6.45) is 0. The van der Waals surface area contributed by atoms with Gasteiger partial charge in [-0.05, 0) is 48.9 Å². The van der Waals surface area contributed by atoms with Gasteiger partial charge in [-0.25, -0.2) is 4.79 Å². The van der Waals surface area contributed by atoms with E-state index >= 15 is 0 Å². The van der Waals surface area contributed by atoms with E-state index < -0.39 is 5.97 Å². The molecule has 0 amide bonds. The highest BCUT2D eigenvalue weighted by atomic mass is 35.5. The molecule has 0 spiro atoms. The number of aryl methyl sites for hydroxylation is 1. The number of esters is 1. The predicted octanol–water partition coefficient (Wildman–Crippen LogP) is 4.12. The summed E-state index contributed by atoms with van der Waals surface area (Å²) < 4.78 is 15.2. The maximum Gasteiger partial charge on any atom is 0.344 e. The minimum atomic E-state index is -0.675. The highest BCUT2D eigenvalue weighted by Gasteiger charge is 2.12. The molecule has 5 nitrogen and oxygen atoms in total. The number of rotatable bonds is 7. The third-order valence-electron chi connectivity index (χ3n) is 3.33. The summed E-state index contributed by atoms with van der Waals surface area (Å²) in [7, 11) is 1.53. The molecule has 0 unspecified atom stereocenters. The van der Waals surface area contributed by atoms with E-state index in [9.17, 15) is 9.59 Å². The fourth-order valence-corrected chi connectivity index (χ4v) is 2.36. The van der Waals surface area contributed by atoms with Crippen LogP contribution >= 0.6 is 23.2 Å². The molecule has 2 rings (SSSR count). The smallest absolute Gasteiger partial charge is 0.344 e. The molecule has 0 saturated heterocycles. The molecule has 0 aromatic heterocycles. The van der Waals surface area contributed by atoms with Gasteiger partial charge in [0.05, 0.1) is 12.1 Å². The van der Waals surface area contributed by atoms with Gasteiger partial charge in [0.1, 0.15) is 11.5 Å². The Morgan fingerprint density at radius 3 is 2.32 bits per heavy atom. The number of hydrogen-bond donors (Lipinski definition) is 0. The van der Waals surface area contributed by atoms with Crippen molar-refractivity contribution in [1.82, 2.24) is 0 Å². The lowest BCUT2D eigenvalue weighted by Crippen LogP contribution is -2.19. The number of carbonyl (C=O) groups excluding carboxylic acids is 2. The van der Waals surface area contributed by atoms with E-state index in [2.05, 4.69) is 0 Å². The molecular formula is C18H16Cl2O5. The fourth-order valence-electron chi connectivity index (χ4n) is 1.93. The van der Waals surface area contributed by atoms with Crippen molar-refractivity contribution in [3.05, 3.63) is 57.6 Å². The zero-order chi connectivity index (χ0) is 18.4. The second-order valence-electron chi connectivity index (χ2n) is 5.13. The predicted molar refractivity (Wildman–Crippen MR) is 95.0 cm³/mol. The fraction of sp³-hybridized carbons (Fsp3) is 0.222. The molecule has 2 aromatic rings. The van der Waals surface area contributed by atoms with Gasteiger partial charge >= 0.3 is 5.97 Å². The number of carbonyl (C=O) groups is 2. The molecule has 132 valence electrons. The van der Waals surface area contributed by atoms with Gasteiger partial charge in [-0.2, -0.15) is 0 Å². The Morgan fingerprint density at radius 1 is 1.00 bits per heavy atom. The topological polar surface area (TPSA) is 61.8 Å². The highest BCUT2D eigenvalue weighted by Crippen LogP contribution is 2.30. The normalized spacial score (nSPS) is 10.2. The molecule has 0 heterocycles. The number of ketones is 1. The number of ether oxygens (including phenoxy) is 3. The van der Waals surface area contributed by atoms with Crippen LogP contribution in [0.25, 0.3) is 0 Å². The Labute approximate surface area is 155 Å². The quantitative estimate of drug-likeness (QED) is 0.532. The SMILES string of the molecule is COc1ccc(C(=O)COC(=O)COc2cc(C)c(Cl)cc2Cl)cc1. The van der Waals surface area contributed by atoms with Gasteiger partial charge in [-0.15, -0.1) is 0 Å². The van der Waals surface area contributed by atoms with Crippen molar-refractivity contribution >= 4 is 35.0 Å². The van der Waals surface area contributed by atoms with Crippen molar-refractivity contribution in [2.45, 2.75) is 6.92 Å². The second kappa shape index (κ2) is 8.74. The molecule has 25 heavy (non-hydrogen) atoms. The summed E-state index contributed by atoms with van der Waals surface area (Å²) in [5, 5.41) is 0.794. The summed E-state index contributed by atoms with van der Waals surface area (Å²) in [5.41, 5.74) is 1.19. The Hall–Kier alpha value is -2.24. The molecule has 7 heteroatoms. The maximum atomic E-state index is 12.0. The molecular weight excluding hydrogens is 367 g/mol. The molecule has 0 radical (unpaired) electrons. The average molecular weight is 383 g/mol. The first kappa shape index (κ1) is 19.1. The summed E-state index contributed by atoms with van der Waals surface area (Å²) in [6, 6.07) is 9.67. The minimum Gasteiger partial charge on any atom is -0.497 e. The van der Waals surface area contributed by atoms with Crippen molar-refractivity contribution in [1.29, 1.82) is 0 Å². The van der Waals surface area contributed by atoms with E-state index in [1.165, 1.54) is 13.2 Å². The molecule has 0 aliphatic carbocycles. The third-order valence-corrected chi connectivity index (χ3v) is 4.04. The number of methoxy groups -OCH3 is 1. The number of Topliss-reactive ketones (excluding diaryl/α,β-unsaturated/α-hetero) is 1. The van der Waals surface area contributed by atoms with Crippen LogP contribution in [0.3, 0.4) is 0 Å². The minimum absolute atomic E-state index is 0.290. The summed E-state index contributed by atoms with van der Waals surface area (Å²) in [6.45, 7) is 1.05. The van der Waals surface area contributed by atoms with E-state index in [0.29, 0.717) is 22.1 Å². The van der Waals surface area contributed by atoms with Crippen molar-refractivity contribution in [3.63, 3.8) is 0 Å². The lowest BCUT2D eigenvalue weighted by molar-refractivity contribution is -0.144. The van der Waals surface area contributed by atoms with Crippen molar-refractivity contribution in [2.75, 3.05) is 20.3 Å². The Morgan fingerprint density at radius 2 is 1.68 bits per heavy atom. The van der Waals surface area contributed by atoms with Crippen LogP contribution in [0.2, 0.25) is 10.0 Å². The number of halogens is 2. The zero-order valence-corrected chi connectivity index (χ0v) is 15.2. The van der Waals surface area contributed by atoms with E-state index in [1.54, 1.807) is 37.3 Å². The molecule has 0 bridgehead atoms. The monoisotopic (exact) mass is 382 g/mol. The first-order valence-corrected chi connectivity index (χ1v) is 8.07. The number of hydrogen-bond acceptors (Lipinski definition) is 5. The Kier molecular flexibility index (Phi) is 6.67. The van der Waals surface area contributed by atoms with Gasteiger partial charge in [-0.1, -0.05) is 23.2 Å². The first-order valence-electron chi connectivity index (χ1n) is 7.32. The van der Waals surface area contributed by atoms with E-state index in [1.807, 2.05) is 0 Å². The van der Waals surface area contributed by atoms with Crippen LogP contribution < -0.4 is 9.47 Å². The van der Waals surface area contributed by atoms with Crippen LogP contribution in [-0.4, -0.2) is 32.1 Å². The molecule has 0 fully saturated rings. The zero-order valence-electron chi connectivity index (χ0n) is 13.7. The van der Waals surface area contributed by atoms with Crippen LogP contribution in [0, 0.1) is 6.92 Å². The van der Waals surface area contributed by atoms with Crippen molar-refractivity contribution in [2.24, 2.45) is 0 Å². The van der Waals surface area contributed by atoms with Crippen LogP contribution in [0.5, 0.6) is 11.5 Å². The summed E-state index contributed by atoms with van der Waals surface area (Å²) in [5.74, 6) is -0.0408. The van der Waals surface area contributed by atoms with E-state index in [-0.39, 0.29) is 24.0 Å². The molecule has 0 aliphatic rings.